The molecule has 1 amide bonds. The third kappa shape index (κ3) is 3.22. The highest BCUT2D eigenvalue weighted by molar-refractivity contribution is 5.76. The van der Waals surface area contributed by atoms with Gasteiger partial charge in [-0.05, 0) is 25.7 Å². The van der Waals surface area contributed by atoms with Crippen molar-refractivity contribution in [2.45, 2.75) is 44.6 Å². The normalized spacial score (nSPS) is 24.8. The zero-order chi connectivity index (χ0) is 8.81. The fraction of sp³-hybridized carbons (Fsp3) is 0.889. The standard InChI is InChI=1S/C9H17NO2/c11-7-3-5-8-4-1-2-6-9(12)10-8/h8,11H,1-7H2,(H,10,12). The summed E-state index contributed by atoms with van der Waals surface area (Å²) in [6, 6.07) is 0.312. The minimum atomic E-state index is 0.176. The van der Waals surface area contributed by atoms with E-state index in [2.05, 4.69) is 5.32 Å². The lowest BCUT2D eigenvalue weighted by molar-refractivity contribution is -0.121. The van der Waals surface area contributed by atoms with Gasteiger partial charge in [-0.2, -0.15) is 0 Å². The van der Waals surface area contributed by atoms with Gasteiger partial charge in [-0.15, -0.1) is 0 Å². The molecule has 3 heteroatoms. The lowest BCUT2D eigenvalue weighted by Gasteiger charge is -2.14. The van der Waals surface area contributed by atoms with E-state index < -0.39 is 0 Å². The Kier molecular flexibility index (Phi) is 4.08. The monoisotopic (exact) mass is 171 g/mol. The number of nitrogens with one attached hydrogen (secondary N) is 1. The maximum absolute atomic E-state index is 11.1. The molecule has 1 heterocycles. The molecule has 0 radical (unpaired) electrons. The Balaban J connectivity index is 2.26. The first-order valence-electron chi connectivity index (χ1n) is 4.73. The van der Waals surface area contributed by atoms with Crippen LogP contribution in [0.4, 0.5) is 0 Å². The Morgan fingerprint density at radius 3 is 3.08 bits per heavy atom. The van der Waals surface area contributed by atoms with Crippen molar-refractivity contribution in [2.75, 3.05) is 6.61 Å². The molecule has 0 aromatic rings. The highest BCUT2D eigenvalue weighted by atomic mass is 16.2. The van der Waals surface area contributed by atoms with E-state index in [4.69, 9.17) is 5.11 Å². The Labute approximate surface area is 73.2 Å². The van der Waals surface area contributed by atoms with Gasteiger partial charge in [0.25, 0.3) is 0 Å². The highest BCUT2D eigenvalue weighted by Crippen LogP contribution is 2.12. The van der Waals surface area contributed by atoms with Gasteiger partial charge in [0.2, 0.25) is 5.91 Å². The number of carbonyl (C=O) groups excluding carboxylic acids is 1. The van der Waals surface area contributed by atoms with E-state index in [1.807, 2.05) is 0 Å². The molecule has 2 N–H and O–H groups in total. The SMILES string of the molecule is O=C1CCCCC(CCCO)N1. The number of carbonyl (C=O) groups is 1. The molecule has 0 aliphatic carbocycles. The van der Waals surface area contributed by atoms with Gasteiger partial charge < -0.3 is 10.4 Å². The van der Waals surface area contributed by atoms with E-state index in [1.54, 1.807) is 0 Å². The number of hydrogen-bond acceptors (Lipinski definition) is 2. The van der Waals surface area contributed by atoms with Crippen LogP contribution in [-0.4, -0.2) is 23.7 Å². The Bertz CT molecular complexity index is 147. The molecule has 0 aromatic heterocycles. The lowest BCUT2D eigenvalue weighted by atomic mass is 10.1. The van der Waals surface area contributed by atoms with Crippen LogP contribution in [0.1, 0.15) is 38.5 Å². The lowest BCUT2D eigenvalue weighted by Crippen LogP contribution is -2.32. The van der Waals surface area contributed by atoms with Crippen molar-refractivity contribution in [2.24, 2.45) is 0 Å². The second kappa shape index (κ2) is 5.14. The van der Waals surface area contributed by atoms with Crippen LogP contribution >= 0.6 is 0 Å². The second-order valence-corrected chi connectivity index (χ2v) is 3.38. The number of aliphatic hydroxyl groups is 1. The first-order chi connectivity index (χ1) is 5.83. The summed E-state index contributed by atoms with van der Waals surface area (Å²) >= 11 is 0. The molecular formula is C9H17NO2. The Morgan fingerprint density at radius 1 is 1.50 bits per heavy atom. The molecular weight excluding hydrogens is 154 g/mol. The third-order valence-corrected chi connectivity index (χ3v) is 2.28. The molecule has 1 saturated heterocycles. The largest absolute Gasteiger partial charge is 0.396 e. The Hall–Kier alpha value is -0.570. The van der Waals surface area contributed by atoms with E-state index in [0.717, 1.165) is 32.1 Å². The molecule has 1 fully saturated rings. The molecule has 0 spiro atoms. The van der Waals surface area contributed by atoms with Crippen molar-refractivity contribution in [1.29, 1.82) is 0 Å². The van der Waals surface area contributed by atoms with Gasteiger partial charge in [-0.1, -0.05) is 6.42 Å². The van der Waals surface area contributed by atoms with Crippen LogP contribution in [0.25, 0.3) is 0 Å². The number of aliphatic hydroxyl groups excluding tert-OH is 1. The van der Waals surface area contributed by atoms with Crippen molar-refractivity contribution in [3.05, 3.63) is 0 Å². The average Bonchev–Trinajstić information content (AvgIpc) is 2.26. The van der Waals surface area contributed by atoms with Crippen LogP contribution < -0.4 is 5.32 Å². The van der Waals surface area contributed by atoms with Gasteiger partial charge in [0.1, 0.15) is 0 Å². The second-order valence-electron chi connectivity index (χ2n) is 3.38. The molecule has 70 valence electrons. The zero-order valence-electron chi connectivity index (χ0n) is 7.38. The maximum atomic E-state index is 11.1. The van der Waals surface area contributed by atoms with E-state index >= 15 is 0 Å². The van der Waals surface area contributed by atoms with E-state index in [0.29, 0.717) is 12.5 Å². The topological polar surface area (TPSA) is 49.3 Å². The van der Waals surface area contributed by atoms with Crippen molar-refractivity contribution >= 4 is 5.91 Å². The van der Waals surface area contributed by atoms with Gasteiger partial charge in [-0.3, -0.25) is 4.79 Å². The van der Waals surface area contributed by atoms with Crippen LogP contribution in [0.3, 0.4) is 0 Å². The molecule has 1 unspecified atom stereocenters. The third-order valence-electron chi connectivity index (χ3n) is 2.28. The molecule has 3 nitrogen and oxygen atoms in total. The predicted octanol–water partition coefficient (Wildman–Crippen LogP) is 0.818. The van der Waals surface area contributed by atoms with Gasteiger partial charge in [0.05, 0.1) is 0 Å². The highest BCUT2D eigenvalue weighted by Gasteiger charge is 2.15. The summed E-state index contributed by atoms with van der Waals surface area (Å²) in [5.74, 6) is 0.176. The minimum absolute atomic E-state index is 0.176. The summed E-state index contributed by atoms with van der Waals surface area (Å²) in [4.78, 5) is 11.1. The van der Waals surface area contributed by atoms with Crippen molar-refractivity contribution < 1.29 is 9.90 Å². The molecule has 1 rings (SSSR count). The quantitative estimate of drug-likeness (QED) is 0.660. The molecule has 12 heavy (non-hydrogen) atoms. The summed E-state index contributed by atoms with van der Waals surface area (Å²) < 4.78 is 0. The summed E-state index contributed by atoms with van der Waals surface area (Å²) in [5, 5.41) is 11.6. The summed E-state index contributed by atoms with van der Waals surface area (Å²) in [7, 11) is 0. The van der Waals surface area contributed by atoms with Crippen molar-refractivity contribution in [1.82, 2.24) is 5.32 Å². The molecule has 0 saturated carbocycles. The number of hydrogen-bond donors (Lipinski definition) is 2. The number of rotatable bonds is 3. The predicted molar refractivity (Wildman–Crippen MR) is 46.7 cm³/mol. The molecule has 0 aromatic carbocycles. The van der Waals surface area contributed by atoms with Gasteiger partial charge in [0.15, 0.2) is 0 Å². The van der Waals surface area contributed by atoms with E-state index in [1.165, 1.54) is 0 Å². The molecule has 1 atom stereocenters. The van der Waals surface area contributed by atoms with Crippen LogP contribution in [0, 0.1) is 0 Å². The van der Waals surface area contributed by atoms with E-state index in [-0.39, 0.29) is 12.5 Å². The van der Waals surface area contributed by atoms with Gasteiger partial charge in [0, 0.05) is 19.1 Å². The van der Waals surface area contributed by atoms with Crippen molar-refractivity contribution in [3.8, 4) is 0 Å². The fourth-order valence-corrected chi connectivity index (χ4v) is 1.60. The first-order valence-corrected chi connectivity index (χ1v) is 4.73. The summed E-state index contributed by atoms with van der Waals surface area (Å²) in [6.45, 7) is 0.229. The molecule has 1 aliphatic heterocycles. The minimum Gasteiger partial charge on any atom is -0.396 e. The average molecular weight is 171 g/mol. The van der Waals surface area contributed by atoms with Crippen molar-refractivity contribution in [3.63, 3.8) is 0 Å². The maximum Gasteiger partial charge on any atom is 0.220 e. The zero-order valence-corrected chi connectivity index (χ0v) is 7.38. The van der Waals surface area contributed by atoms with Gasteiger partial charge in [-0.25, -0.2) is 0 Å². The van der Waals surface area contributed by atoms with E-state index in [9.17, 15) is 4.79 Å². The Morgan fingerprint density at radius 2 is 2.33 bits per heavy atom. The smallest absolute Gasteiger partial charge is 0.220 e. The van der Waals surface area contributed by atoms with Crippen LogP contribution in [0.2, 0.25) is 0 Å². The van der Waals surface area contributed by atoms with Crippen LogP contribution in [-0.2, 0) is 4.79 Å². The fourth-order valence-electron chi connectivity index (χ4n) is 1.60. The molecule has 1 aliphatic rings. The number of amides is 1. The van der Waals surface area contributed by atoms with Gasteiger partial charge >= 0.3 is 0 Å². The van der Waals surface area contributed by atoms with Crippen LogP contribution in [0.5, 0.6) is 0 Å². The first kappa shape index (κ1) is 9.52. The van der Waals surface area contributed by atoms with Crippen LogP contribution in [0.15, 0.2) is 0 Å². The molecule has 0 bridgehead atoms. The summed E-state index contributed by atoms with van der Waals surface area (Å²) in [6.07, 6.45) is 5.62. The summed E-state index contributed by atoms with van der Waals surface area (Å²) in [5.41, 5.74) is 0.